The van der Waals surface area contributed by atoms with E-state index in [0.717, 1.165) is 6.07 Å². The Morgan fingerprint density at radius 1 is 1.40 bits per heavy atom. The molecule has 0 unspecified atom stereocenters. The first-order chi connectivity index (χ1) is 9.38. The molecule has 11 heteroatoms. The van der Waals surface area contributed by atoms with E-state index in [0.29, 0.717) is 6.07 Å². The van der Waals surface area contributed by atoms with Gasteiger partial charge in [-0.25, -0.2) is 4.98 Å². The van der Waals surface area contributed by atoms with Crippen LogP contribution in [-0.4, -0.2) is 31.5 Å². The first-order valence-electron chi connectivity index (χ1n) is 5.22. The zero-order valence-corrected chi connectivity index (χ0v) is 9.77. The fraction of sp³-hybridized carbons (Fsp3) is 0.222. The molecular weight excluding hydrogens is 279 g/mol. The van der Waals surface area contributed by atoms with Crippen LogP contribution in [0.25, 0.3) is 0 Å². The van der Waals surface area contributed by atoms with Crippen LogP contribution >= 0.6 is 0 Å². The highest BCUT2D eigenvalue weighted by Gasteiger charge is 2.33. The van der Waals surface area contributed by atoms with Gasteiger partial charge in [0.1, 0.15) is 11.5 Å². The molecule has 1 amide bonds. The molecule has 4 N–H and O–H groups in total. The average molecular weight is 287 g/mol. The van der Waals surface area contributed by atoms with Crippen molar-refractivity contribution in [2.24, 2.45) is 5.73 Å². The second-order valence-corrected chi connectivity index (χ2v) is 3.64. The fourth-order valence-electron chi connectivity index (χ4n) is 1.37. The maximum Gasteiger partial charge on any atom is 0.433 e. The summed E-state index contributed by atoms with van der Waals surface area (Å²) < 4.78 is 37.7. The minimum absolute atomic E-state index is 0.0644. The number of rotatable bonds is 4. The average Bonchev–Trinajstić information content (AvgIpc) is 2.87. The number of hydrogen-bond acceptors (Lipinski definition) is 6. The first-order valence-corrected chi connectivity index (χ1v) is 5.22. The van der Waals surface area contributed by atoms with Gasteiger partial charge in [-0.3, -0.25) is 4.79 Å². The lowest BCUT2D eigenvalue weighted by molar-refractivity contribution is -0.141. The van der Waals surface area contributed by atoms with Gasteiger partial charge in [-0.05, 0) is 12.1 Å². The summed E-state index contributed by atoms with van der Waals surface area (Å²) in [5.74, 6) is -1.00. The number of alkyl halides is 3. The van der Waals surface area contributed by atoms with Crippen LogP contribution in [0.3, 0.4) is 0 Å². The van der Waals surface area contributed by atoms with E-state index in [9.17, 15) is 18.0 Å². The molecule has 0 saturated carbocycles. The van der Waals surface area contributed by atoms with Gasteiger partial charge >= 0.3 is 6.18 Å². The number of carbonyl (C=O) groups is 1. The van der Waals surface area contributed by atoms with E-state index < -0.39 is 17.8 Å². The van der Waals surface area contributed by atoms with Gasteiger partial charge < -0.3 is 11.1 Å². The van der Waals surface area contributed by atoms with E-state index >= 15 is 0 Å². The first kappa shape index (κ1) is 13.7. The predicted molar refractivity (Wildman–Crippen MR) is 59.3 cm³/mol. The fourth-order valence-corrected chi connectivity index (χ4v) is 1.37. The molecule has 0 bridgehead atoms. The number of hydrogen-bond donors (Lipinski definition) is 3. The molecule has 0 aromatic carbocycles. The molecule has 0 atom stereocenters. The molecule has 0 aliphatic carbocycles. The van der Waals surface area contributed by atoms with Crippen molar-refractivity contribution in [3.05, 3.63) is 29.2 Å². The number of aromatic nitrogens is 5. The molecule has 106 valence electrons. The van der Waals surface area contributed by atoms with E-state index in [4.69, 9.17) is 5.73 Å². The van der Waals surface area contributed by atoms with Gasteiger partial charge in [0.25, 0.3) is 5.91 Å². The number of carbonyl (C=O) groups excluding carboxylic acids is 1. The predicted octanol–water partition coefficient (Wildman–Crippen LogP) is 0.324. The van der Waals surface area contributed by atoms with E-state index in [1.54, 1.807) is 0 Å². The molecule has 2 aromatic rings. The van der Waals surface area contributed by atoms with Crippen LogP contribution in [0.15, 0.2) is 12.1 Å². The maximum absolute atomic E-state index is 12.6. The number of H-pyrrole nitrogens is 1. The van der Waals surface area contributed by atoms with Crippen molar-refractivity contribution in [3.8, 4) is 0 Å². The van der Waals surface area contributed by atoms with Crippen LogP contribution in [0.1, 0.15) is 21.9 Å². The summed E-state index contributed by atoms with van der Waals surface area (Å²) in [7, 11) is 0. The third kappa shape index (κ3) is 2.99. The molecule has 0 saturated heterocycles. The summed E-state index contributed by atoms with van der Waals surface area (Å²) in [5.41, 5.74) is 3.77. The van der Waals surface area contributed by atoms with Crippen molar-refractivity contribution in [1.82, 2.24) is 25.6 Å². The Bertz CT molecular complexity index is 610. The number of halogens is 3. The summed E-state index contributed by atoms with van der Waals surface area (Å²) in [6, 6.07) is 1.64. The van der Waals surface area contributed by atoms with Gasteiger partial charge in [-0.15, -0.1) is 10.2 Å². The molecule has 2 rings (SSSR count). The molecule has 2 aromatic heterocycles. The van der Waals surface area contributed by atoms with Crippen molar-refractivity contribution in [1.29, 1.82) is 0 Å². The summed E-state index contributed by atoms with van der Waals surface area (Å²) in [6.07, 6.45) is -4.63. The van der Waals surface area contributed by atoms with Crippen LogP contribution in [-0.2, 0) is 12.7 Å². The Balaban J connectivity index is 2.29. The summed E-state index contributed by atoms with van der Waals surface area (Å²) in [6.45, 7) is -0.0644. The number of nitrogens with one attached hydrogen (secondary N) is 2. The highest BCUT2D eigenvalue weighted by Crippen LogP contribution is 2.29. The van der Waals surface area contributed by atoms with E-state index in [-0.39, 0.29) is 23.8 Å². The molecular formula is C9H8F3N7O. The molecule has 2 heterocycles. The highest BCUT2D eigenvalue weighted by molar-refractivity contribution is 5.97. The molecule has 8 nitrogen and oxygen atoms in total. The Morgan fingerprint density at radius 3 is 2.70 bits per heavy atom. The quantitative estimate of drug-likeness (QED) is 0.744. The Hall–Kier alpha value is -2.72. The Kier molecular flexibility index (Phi) is 3.50. The van der Waals surface area contributed by atoms with Gasteiger partial charge in [0.2, 0.25) is 0 Å². The van der Waals surface area contributed by atoms with Crippen molar-refractivity contribution in [2.75, 3.05) is 5.32 Å². The molecule has 0 spiro atoms. The van der Waals surface area contributed by atoms with E-state index in [2.05, 4.69) is 30.9 Å². The summed E-state index contributed by atoms with van der Waals surface area (Å²) >= 11 is 0. The molecule has 0 radical (unpaired) electrons. The second kappa shape index (κ2) is 5.11. The van der Waals surface area contributed by atoms with Crippen molar-refractivity contribution in [2.45, 2.75) is 12.7 Å². The van der Waals surface area contributed by atoms with Crippen LogP contribution in [0.5, 0.6) is 0 Å². The minimum Gasteiger partial charge on any atom is -0.365 e. The van der Waals surface area contributed by atoms with Crippen molar-refractivity contribution >= 4 is 11.7 Å². The molecule has 0 aliphatic heterocycles. The maximum atomic E-state index is 12.6. The standard InChI is InChI=1S/C9H8F3N7O/c10-9(11,12)5-2-1-4(7(13)20)8(15-5)14-3-6-16-18-19-17-6/h1-2H,3H2,(H2,13,20)(H,14,15)(H,16,17,18,19). The lowest BCUT2D eigenvalue weighted by atomic mass is 10.2. The van der Waals surface area contributed by atoms with Gasteiger partial charge in [-0.1, -0.05) is 5.21 Å². The van der Waals surface area contributed by atoms with Gasteiger partial charge in [-0.2, -0.15) is 18.4 Å². The number of pyridine rings is 1. The third-order valence-corrected chi connectivity index (χ3v) is 2.25. The normalized spacial score (nSPS) is 11.3. The number of amides is 1. The largest absolute Gasteiger partial charge is 0.433 e. The zero-order chi connectivity index (χ0) is 14.8. The number of nitrogens with zero attached hydrogens (tertiary/aromatic N) is 4. The lowest BCUT2D eigenvalue weighted by Crippen LogP contribution is -2.18. The Labute approximate surface area is 109 Å². The van der Waals surface area contributed by atoms with Crippen LogP contribution in [0.4, 0.5) is 19.0 Å². The topological polar surface area (TPSA) is 122 Å². The smallest absolute Gasteiger partial charge is 0.365 e. The molecule has 0 fully saturated rings. The number of anilines is 1. The number of aromatic amines is 1. The highest BCUT2D eigenvalue weighted by atomic mass is 19.4. The summed E-state index contributed by atoms with van der Waals surface area (Å²) in [4.78, 5) is 14.5. The molecule has 0 aliphatic rings. The van der Waals surface area contributed by atoms with Crippen LogP contribution in [0.2, 0.25) is 0 Å². The van der Waals surface area contributed by atoms with E-state index in [1.165, 1.54) is 0 Å². The minimum atomic E-state index is -4.63. The van der Waals surface area contributed by atoms with Crippen LogP contribution in [0, 0.1) is 0 Å². The lowest BCUT2D eigenvalue weighted by Gasteiger charge is -2.11. The van der Waals surface area contributed by atoms with Crippen LogP contribution < -0.4 is 11.1 Å². The second-order valence-electron chi connectivity index (χ2n) is 3.64. The van der Waals surface area contributed by atoms with Gasteiger partial charge in [0.05, 0.1) is 12.1 Å². The number of primary amides is 1. The number of nitrogens with two attached hydrogens (primary N) is 1. The number of tetrazole rings is 1. The Morgan fingerprint density at radius 2 is 2.15 bits per heavy atom. The van der Waals surface area contributed by atoms with Gasteiger partial charge in [0, 0.05) is 0 Å². The zero-order valence-electron chi connectivity index (χ0n) is 9.77. The summed E-state index contributed by atoms with van der Waals surface area (Å²) in [5, 5.41) is 15.2. The van der Waals surface area contributed by atoms with E-state index in [1.807, 2.05) is 0 Å². The molecule has 20 heavy (non-hydrogen) atoms. The van der Waals surface area contributed by atoms with Crippen molar-refractivity contribution in [3.63, 3.8) is 0 Å². The van der Waals surface area contributed by atoms with Crippen molar-refractivity contribution < 1.29 is 18.0 Å². The SMILES string of the molecule is NC(=O)c1ccc(C(F)(F)F)nc1NCc1nn[nH]n1. The third-order valence-electron chi connectivity index (χ3n) is 2.25. The monoisotopic (exact) mass is 287 g/mol. The van der Waals surface area contributed by atoms with Gasteiger partial charge in [0.15, 0.2) is 5.82 Å².